The van der Waals surface area contributed by atoms with Gasteiger partial charge in [0.15, 0.2) is 5.13 Å². The van der Waals surface area contributed by atoms with Crippen LogP contribution in [0.15, 0.2) is 30.3 Å². The van der Waals surface area contributed by atoms with Crippen LogP contribution in [0.5, 0.6) is 0 Å². The van der Waals surface area contributed by atoms with E-state index in [2.05, 4.69) is 10.3 Å². The summed E-state index contributed by atoms with van der Waals surface area (Å²) in [5.74, 6) is -1.30. The van der Waals surface area contributed by atoms with E-state index in [1.165, 1.54) is 17.4 Å². The molecule has 0 aliphatic carbocycles. The molecule has 1 aromatic carbocycles. The standard InChI is InChI=1S/C15H14N2O3S/c1-9-10(2)21-15(16-9)17-14(20)12-5-3-4-11(8-12)6-7-13(18)19/h3-8H,1-2H3,(H,18,19)(H,16,17,20). The van der Waals surface area contributed by atoms with E-state index in [1.807, 2.05) is 13.8 Å². The maximum atomic E-state index is 12.1. The molecule has 0 saturated carbocycles. The fourth-order valence-corrected chi connectivity index (χ4v) is 2.46. The molecule has 0 spiro atoms. The minimum atomic E-state index is -1.03. The fourth-order valence-electron chi connectivity index (χ4n) is 1.65. The Labute approximate surface area is 126 Å². The van der Waals surface area contributed by atoms with Crippen LogP contribution in [-0.4, -0.2) is 22.0 Å². The van der Waals surface area contributed by atoms with Crippen molar-refractivity contribution in [2.45, 2.75) is 13.8 Å². The second-order valence-electron chi connectivity index (χ2n) is 4.41. The Balaban J connectivity index is 2.15. The van der Waals surface area contributed by atoms with E-state index in [9.17, 15) is 9.59 Å². The number of carboxylic acids is 1. The molecule has 2 N–H and O–H groups in total. The fraction of sp³-hybridized carbons (Fsp3) is 0.133. The Morgan fingerprint density at radius 1 is 1.33 bits per heavy atom. The molecule has 1 amide bonds. The van der Waals surface area contributed by atoms with E-state index in [0.29, 0.717) is 16.3 Å². The number of aryl methyl sites for hydroxylation is 2. The number of benzene rings is 1. The number of anilines is 1. The topological polar surface area (TPSA) is 79.3 Å². The smallest absolute Gasteiger partial charge is 0.328 e. The van der Waals surface area contributed by atoms with Crippen molar-refractivity contribution in [2.75, 3.05) is 5.32 Å². The first-order chi connectivity index (χ1) is 9.95. The van der Waals surface area contributed by atoms with Gasteiger partial charge in [-0.25, -0.2) is 9.78 Å². The first-order valence-corrected chi connectivity index (χ1v) is 7.04. The highest BCUT2D eigenvalue weighted by atomic mass is 32.1. The molecule has 108 valence electrons. The average molecular weight is 302 g/mol. The van der Waals surface area contributed by atoms with Crippen LogP contribution in [0.4, 0.5) is 5.13 Å². The first kappa shape index (κ1) is 14.9. The van der Waals surface area contributed by atoms with Crippen molar-refractivity contribution in [3.05, 3.63) is 52.0 Å². The van der Waals surface area contributed by atoms with Gasteiger partial charge in [-0.05, 0) is 37.6 Å². The number of carbonyl (C=O) groups excluding carboxylic acids is 1. The average Bonchev–Trinajstić information content (AvgIpc) is 2.75. The number of nitrogens with one attached hydrogen (secondary N) is 1. The molecule has 0 radical (unpaired) electrons. The van der Waals surface area contributed by atoms with E-state index in [-0.39, 0.29) is 5.91 Å². The lowest BCUT2D eigenvalue weighted by atomic mass is 10.1. The number of aliphatic carboxylic acids is 1. The van der Waals surface area contributed by atoms with Gasteiger partial charge in [-0.15, -0.1) is 11.3 Å². The van der Waals surface area contributed by atoms with Crippen LogP contribution in [0.2, 0.25) is 0 Å². The highest BCUT2D eigenvalue weighted by Crippen LogP contribution is 2.21. The molecule has 1 heterocycles. The summed E-state index contributed by atoms with van der Waals surface area (Å²) in [6, 6.07) is 6.73. The molecule has 2 aromatic rings. The number of thiazole rings is 1. The number of rotatable bonds is 4. The zero-order chi connectivity index (χ0) is 15.4. The third-order valence-corrected chi connectivity index (χ3v) is 3.80. The normalized spacial score (nSPS) is 10.8. The molecule has 21 heavy (non-hydrogen) atoms. The van der Waals surface area contributed by atoms with Crippen molar-refractivity contribution in [2.24, 2.45) is 0 Å². The third-order valence-electron chi connectivity index (χ3n) is 2.82. The maximum Gasteiger partial charge on any atom is 0.328 e. The van der Waals surface area contributed by atoms with Crippen LogP contribution in [0.3, 0.4) is 0 Å². The molecule has 1 aromatic heterocycles. The molecule has 6 heteroatoms. The van der Waals surface area contributed by atoms with Crippen LogP contribution in [0, 0.1) is 13.8 Å². The number of nitrogens with zero attached hydrogens (tertiary/aromatic N) is 1. The third kappa shape index (κ3) is 4.00. The van der Waals surface area contributed by atoms with Gasteiger partial charge in [-0.2, -0.15) is 0 Å². The zero-order valence-corrected chi connectivity index (χ0v) is 12.4. The number of carboxylic acid groups (broad SMARTS) is 1. The molecule has 0 unspecified atom stereocenters. The summed E-state index contributed by atoms with van der Waals surface area (Å²) in [5, 5.41) is 11.9. The van der Waals surface area contributed by atoms with Gasteiger partial charge >= 0.3 is 5.97 Å². The zero-order valence-electron chi connectivity index (χ0n) is 11.6. The van der Waals surface area contributed by atoms with E-state index in [0.717, 1.165) is 16.6 Å². The maximum absolute atomic E-state index is 12.1. The summed E-state index contributed by atoms with van der Waals surface area (Å²) in [6.07, 6.45) is 2.47. The van der Waals surface area contributed by atoms with Crippen LogP contribution >= 0.6 is 11.3 Å². The lowest BCUT2D eigenvalue weighted by Crippen LogP contribution is -2.11. The van der Waals surface area contributed by atoms with Gasteiger partial charge in [0.2, 0.25) is 0 Å². The number of aromatic nitrogens is 1. The highest BCUT2D eigenvalue weighted by Gasteiger charge is 2.10. The van der Waals surface area contributed by atoms with E-state index in [4.69, 9.17) is 5.11 Å². The molecular weight excluding hydrogens is 288 g/mol. The van der Waals surface area contributed by atoms with E-state index < -0.39 is 5.97 Å². The Bertz CT molecular complexity index is 700. The van der Waals surface area contributed by atoms with Crippen molar-refractivity contribution in [1.82, 2.24) is 4.98 Å². The van der Waals surface area contributed by atoms with Crippen LogP contribution in [0.1, 0.15) is 26.5 Å². The molecule has 0 saturated heterocycles. The summed E-state index contributed by atoms with van der Waals surface area (Å²) < 4.78 is 0. The summed E-state index contributed by atoms with van der Waals surface area (Å²) in [5.41, 5.74) is 2.00. The van der Waals surface area contributed by atoms with Gasteiger partial charge in [-0.1, -0.05) is 12.1 Å². The summed E-state index contributed by atoms with van der Waals surface area (Å²) in [4.78, 5) is 27.9. The van der Waals surface area contributed by atoms with Crippen LogP contribution < -0.4 is 5.32 Å². The van der Waals surface area contributed by atoms with Crippen LogP contribution in [-0.2, 0) is 4.79 Å². The van der Waals surface area contributed by atoms with Crippen molar-refractivity contribution in [3.63, 3.8) is 0 Å². The van der Waals surface area contributed by atoms with Gasteiger partial charge < -0.3 is 5.11 Å². The number of hydrogen-bond donors (Lipinski definition) is 2. The van der Waals surface area contributed by atoms with Gasteiger partial charge in [-0.3, -0.25) is 10.1 Å². The lowest BCUT2D eigenvalue weighted by Gasteiger charge is -2.02. The van der Waals surface area contributed by atoms with Crippen molar-refractivity contribution in [3.8, 4) is 0 Å². The molecule has 0 atom stereocenters. The van der Waals surface area contributed by atoms with Crippen molar-refractivity contribution < 1.29 is 14.7 Å². The molecule has 0 fully saturated rings. The van der Waals surface area contributed by atoms with Gasteiger partial charge in [0.25, 0.3) is 5.91 Å². The Morgan fingerprint density at radius 2 is 2.10 bits per heavy atom. The Hall–Kier alpha value is -2.47. The summed E-state index contributed by atoms with van der Waals surface area (Å²) >= 11 is 1.42. The molecule has 0 aliphatic rings. The van der Waals surface area contributed by atoms with Crippen LogP contribution in [0.25, 0.3) is 6.08 Å². The van der Waals surface area contributed by atoms with E-state index in [1.54, 1.807) is 24.3 Å². The largest absolute Gasteiger partial charge is 0.478 e. The first-order valence-electron chi connectivity index (χ1n) is 6.22. The SMILES string of the molecule is Cc1nc(NC(=O)c2cccc(C=CC(=O)O)c2)sc1C. The molecule has 0 bridgehead atoms. The number of carbonyl (C=O) groups is 2. The van der Waals surface area contributed by atoms with Gasteiger partial charge in [0.1, 0.15) is 0 Å². The Kier molecular flexibility index (Phi) is 4.49. The summed E-state index contributed by atoms with van der Waals surface area (Å²) in [7, 11) is 0. The lowest BCUT2D eigenvalue weighted by molar-refractivity contribution is -0.131. The predicted octanol–water partition coefficient (Wildman–Crippen LogP) is 3.11. The predicted molar refractivity (Wildman–Crippen MR) is 82.7 cm³/mol. The summed E-state index contributed by atoms with van der Waals surface area (Å²) in [6.45, 7) is 3.83. The minimum absolute atomic E-state index is 0.269. The van der Waals surface area contributed by atoms with Crippen molar-refractivity contribution >= 4 is 34.4 Å². The van der Waals surface area contributed by atoms with Crippen molar-refractivity contribution in [1.29, 1.82) is 0 Å². The van der Waals surface area contributed by atoms with E-state index >= 15 is 0 Å². The molecule has 0 aliphatic heterocycles. The minimum Gasteiger partial charge on any atom is -0.478 e. The number of amides is 1. The van der Waals surface area contributed by atoms with Gasteiger partial charge in [0.05, 0.1) is 5.69 Å². The molecular formula is C15H14N2O3S. The second kappa shape index (κ2) is 6.32. The Morgan fingerprint density at radius 3 is 2.71 bits per heavy atom. The quantitative estimate of drug-likeness (QED) is 0.850. The molecule has 2 rings (SSSR count). The number of hydrogen-bond acceptors (Lipinski definition) is 4. The second-order valence-corrected chi connectivity index (χ2v) is 5.61. The van der Waals surface area contributed by atoms with Gasteiger partial charge in [0, 0.05) is 16.5 Å². The highest BCUT2D eigenvalue weighted by molar-refractivity contribution is 7.15. The molecule has 5 nitrogen and oxygen atoms in total. The monoisotopic (exact) mass is 302 g/mol.